The van der Waals surface area contributed by atoms with Crippen LogP contribution in [0.2, 0.25) is 10.2 Å². The smallest absolute Gasteiger partial charge is 0.171 e. The second-order valence-electron chi connectivity index (χ2n) is 4.82. The number of anilines is 1. The van der Waals surface area contributed by atoms with Crippen molar-refractivity contribution in [1.82, 2.24) is 9.97 Å². The number of benzene rings is 1. The lowest BCUT2D eigenvalue weighted by Gasteiger charge is -2.27. The van der Waals surface area contributed by atoms with E-state index in [9.17, 15) is 0 Å². The van der Waals surface area contributed by atoms with Crippen LogP contribution in [0.5, 0.6) is 0 Å². The zero-order chi connectivity index (χ0) is 14.9. The molecule has 0 N–H and O–H groups in total. The summed E-state index contributed by atoms with van der Waals surface area (Å²) in [5, 5.41) is 1.15. The molecule has 0 radical (unpaired) electrons. The van der Waals surface area contributed by atoms with Crippen LogP contribution >= 0.6 is 23.2 Å². The zero-order valence-electron chi connectivity index (χ0n) is 12.0. The lowest BCUT2D eigenvalue weighted by molar-refractivity contribution is 0.723. The molecule has 106 valence electrons. The van der Waals surface area contributed by atoms with Gasteiger partial charge < -0.3 is 4.90 Å². The van der Waals surface area contributed by atoms with Gasteiger partial charge in [-0.25, -0.2) is 9.97 Å². The first-order valence-electron chi connectivity index (χ1n) is 6.39. The van der Waals surface area contributed by atoms with E-state index in [1.165, 1.54) is 0 Å². The van der Waals surface area contributed by atoms with Gasteiger partial charge >= 0.3 is 0 Å². The van der Waals surface area contributed by atoms with Crippen molar-refractivity contribution in [3.8, 4) is 0 Å². The van der Waals surface area contributed by atoms with Crippen LogP contribution in [0.25, 0.3) is 0 Å². The Kier molecular flexibility index (Phi) is 4.51. The van der Waals surface area contributed by atoms with Gasteiger partial charge in [0, 0.05) is 12.1 Å². The fourth-order valence-electron chi connectivity index (χ4n) is 1.99. The molecule has 0 amide bonds. The molecule has 0 bridgehead atoms. The lowest BCUT2D eigenvalue weighted by atomic mass is 10.1. The molecule has 2 aromatic rings. The van der Waals surface area contributed by atoms with Crippen molar-refractivity contribution in [1.29, 1.82) is 0 Å². The van der Waals surface area contributed by atoms with Crippen molar-refractivity contribution < 1.29 is 0 Å². The van der Waals surface area contributed by atoms with Crippen LogP contribution < -0.4 is 4.90 Å². The first-order valence-corrected chi connectivity index (χ1v) is 7.15. The fourth-order valence-corrected chi connectivity index (χ4v) is 2.59. The topological polar surface area (TPSA) is 29.0 Å². The second-order valence-corrected chi connectivity index (χ2v) is 5.58. The molecular weight excluding hydrogens is 293 g/mol. The fraction of sp³-hybridized carbons (Fsp3) is 0.333. The summed E-state index contributed by atoms with van der Waals surface area (Å²) in [5.41, 5.74) is 2.76. The summed E-state index contributed by atoms with van der Waals surface area (Å²) >= 11 is 12.5. The molecule has 0 aliphatic heterocycles. The molecule has 0 aliphatic rings. The molecule has 1 heterocycles. The highest BCUT2D eigenvalue weighted by Crippen LogP contribution is 2.32. The van der Waals surface area contributed by atoms with E-state index >= 15 is 0 Å². The van der Waals surface area contributed by atoms with E-state index in [1.807, 2.05) is 50.1 Å². The molecule has 0 spiro atoms. The molecule has 3 nitrogen and oxygen atoms in total. The molecule has 0 aliphatic carbocycles. The van der Waals surface area contributed by atoms with Crippen LogP contribution in [0.15, 0.2) is 24.3 Å². The maximum atomic E-state index is 6.25. The summed E-state index contributed by atoms with van der Waals surface area (Å²) < 4.78 is 0. The van der Waals surface area contributed by atoms with E-state index in [0.29, 0.717) is 11.0 Å². The number of rotatable bonds is 3. The summed E-state index contributed by atoms with van der Waals surface area (Å²) in [6, 6.07) is 7.83. The molecule has 20 heavy (non-hydrogen) atoms. The van der Waals surface area contributed by atoms with Crippen LogP contribution in [-0.2, 0) is 0 Å². The van der Waals surface area contributed by atoms with Crippen molar-refractivity contribution in [3.63, 3.8) is 0 Å². The van der Waals surface area contributed by atoms with Gasteiger partial charge in [-0.15, -0.1) is 0 Å². The third-order valence-electron chi connectivity index (χ3n) is 3.52. The number of nitrogens with zero attached hydrogens (tertiary/aromatic N) is 3. The van der Waals surface area contributed by atoms with Crippen LogP contribution in [0.1, 0.15) is 29.9 Å². The summed E-state index contributed by atoms with van der Waals surface area (Å²) in [4.78, 5) is 10.8. The molecule has 1 atom stereocenters. The first kappa shape index (κ1) is 15.1. The van der Waals surface area contributed by atoms with Crippen molar-refractivity contribution in [3.05, 3.63) is 51.4 Å². The van der Waals surface area contributed by atoms with Gasteiger partial charge in [0.2, 0.25) is 0 Å². The highest BCUT2D eigenvalue weighted by atomic mass is 35.5. The van der Waals surface area contributed by atoms with E-state index in [0.717, 1.165) is 22.0 Å². The minimum absolute atomic E-state index is 0.0533. The highest BCUT2D eigenvalue weighted by molar-refractivity contribution is 6.32. The zero-order valence-corrected chi connectivity index (χ0v) is 13.5. The van der Waals surface area contributed by atoms with Gasteiger partial charge in [-0.3, -0.25) is 0 Å². The van der Waals surface area contributed by atoms with Gasteiger partial charge in [-0.05, 0) is 32.4 Å². The Morgan fingerprint density at radius 3 is 2.30 bits per heavy atom. The quantitative estimate of drug-likeness (QED) is 0.830. The average Bonchev–Trinajstić information content (AvgIpc) is 2.42. The summed E-state index contributed by atoms with van der Waals surface area (Å²) in [6.45, 7) is 5.89. The SMILES string of the molecule is Cc1nc(Cl)c(N(C)C(C)c2ccccc2Cl)nc1C. The minimum Gasteiger partial charge on any atom is -0.350 e. The van der Waals surface area contributed by atoms with Gasteiger partial charge in [-0.1, -0.05) is 41.4 Å². The molecule has 0 saturated heterocycles. The monoisotopic (exact) mass is 309 g/mol. The van der Waals surface area contributed by atoms with Gasteiger partial charge in [0.05, 0.1) is 17.4 Å². The summed E-state index contributed by atoms with van der Waals surface area (Å²) in [7, 11) is 1.94. The van der Waals surface area contributed by atoms with Crippen LogP contribution in [0.4, 0.5) is 5.82 Å². The van der Waals surface area contributed by atoms with Gasteiger partial charge in [0.1, 0.15) is 0 Å². The molecule has 0 saturated carbocycles. The third kappa shape index (κ3) is 2.89. The predicted molar refractivity (Wildman–Crippen MR) is 84.8 cm³/mol. The van der Waals surface area contributed by atoms with Crippen LogP contribution in [0, 0.1) is 13.8 Å². The van der Waals surface area contributed by atoms with E-state index in [-0.39, 0.29) is 6.04 Å². The van der Waals surface area contributed by atoms with Gasteiger partial charge in [0.15, 0.2) is 11.0 Å². The molecular formula is C15H17Cl2N3. The first-order chi connectivity index (χ1) is 9.41. The van der Waals surface area contributed by atoms with Gasteiger partial charge in [0.25, 0.3) is 0 Å². The predicted octanol–water partition coefficient (Wildman–Crippen LogP) is 4.60. The molecule has 0 fully saturated rings. The molecule has 1 unspecified atom stereocenters. The number of aryl methyl sites for hydroxylation is 2. The van der Waals surface area contributed by atoms with E-state index in [4.69, 9.17) is 23.2 Å². The Morgan fingerprint density at radius 2 is 1.65 bits per heavy atom. The van der Waals surface area contributed by atoms with Crippen LogP contribution in [0.3, 0.4) is 0 Å². The number of hydrogen-bond acceptors (Lipinski definition) is 3. The lowest BCUT2D eigenvalue weighted by Crippen LogP contribution is -2.24. The van der Waals surface area contributed by atoms with E-state index < -0.39 is 0 Å². The Bertz CT molecular complexity index is 629. The van der Waals surface area contributed by atoms with Crippen LogP contribution in [-0.4, -0.2) is 17.0 Å². The average molecular weight is 310 g/mol. The Morgan fingerprint density at radius 1 is 1.05 bits per heavy atom. The minimum atomic E-state index is 0.0533. The molecule has 1 aromatic heterocycles. The molecule has 1 aromatic carbocycles. The maximum absolute atomic E-state index is 6.25. The number of hydrogen-bond donors (Lipinski definition) is 0. The van der Waals surface area contributed by atoms with Crippen molar-refractivity contribution in [2.45, 2.75) is 26.8 Å². The molecule has 5 heteroatoms. The van der Waals surface area contributed by atoms with Gasteiger partial charge in [-0.2, -0.15) is 0 Å². The molecule has 2 rings (SSSR count). The van der Waals surface area contributed by atoms with Crippen molar-refractivity contribution in [2.24, 2.45) is 0 Å². The largest absolute Gasteiger partial charge is 0.350 e. The summed E-state index contributed by atoms with van der Waals surface area (Å²) in [5.74, 6) is 0.669. The van der Waals surface area contributed by atoms with Crippen molar-refractivity contribution in [2.75, 3.05) is 11.9 Å². The van der Waals surface area contributed by atoms with E-state index in [1.54, 1.807) is 0 Å². The Balaban J connectivity index is 2.39. The standard InChI is InChI=1S/C15H17Cl2N3/c1-9-10(2)19-15(14(17)18-9)20(4)11(3)12-7-5-6-8-13(12)16/h5-8,11H,1-4H3. The Hall–Kier alpha value is -1.32. The second kappa shape index (κ2) is 5.98. The summed E-state index contributed by atoms with van der Waals surface area (Å²) in [6.07, 6.45) is 0. The number of halogens is 2. The highest BCUT2D eigenvalue weighted by Gasteiger charge is 2.19. The van der Waals surface area contributed by atoms with E-state index in [2.05, 4.69) is 16.9 Å². The van der Waals surface area contributed by atoms with Crippen molar-refractivity contribution >= 4 is 29.0 Å². The normalized spacial score (nSPS) is 12.3. The third-order valence-corrected chi connectivity index (χ3v) is 4.12. The number of aromatic nitrogens is 2. The Labute approximate surface area is 129 Å². The maximum Gasteiger partial charge on any atom is 0.171 e.